The van der Waals surface area contributed by atoms with Crippen LogP contribution in [0.2, 0.25) is 0 Å². The first-order valence-electron chi connectivity index (χ1n) is 3.34. The first-order chi connectivity index (χ1) is 5.77. The SMILES string of the molecule is O=C([O-])c1nc2ccccc2s1. The number of carboxylic acid groups (broad SMARTS) is 1. The van der Waals surface area contributed by atoms with Crippen LogP contribution in [0.5, 0.6) is 0 Å². The van der Waals surface area contributed by atoms with Gasteiger partial charge < -0.3 is 9.90 Å². The Morgan fingerprint density at radius 2 is 2.17 bits per heavy atom. The van der Waals surface area contributed by atoms with Gasteiger partial charge >= 0.3 is 0 Å². The van der Waals surface area contributed by atoms with Crippen LogP contribution in [0.25, 0.3) is 10.2 Å². The van der Waals surface area contributed by atoms with Crippen molar-refractivity contribution in [1.29, 1.82) is 0 Å². The number of nitrogens with zero attached hydrogens (tertiary/aromatic N) is 1. The Hall–Kier alpha value is -1.42. The van der Waals surface area contributed by atoms with E-state index in [0.29, 0.717) is 5.52 Å². The van der Waals surface area contributed by atoms with Crippen molar-refractivity contribution in [3.05, 3.63) is 29.3 Å². The molecule has 1 aromatic heterocycles. The van der Waals surface area contributed by atoms with Crippen LogP contribution in [0.1, 0.15) is 9.80 Å². The number of benzene rings is 1. The van der Waals surface area contributed by atoms with Crippen molar-refractivity contribution in [1.82, 2.24) is 4.98 Å². The molecule has 3 nitrogen and oxygen atoms in total. The molecule has 1 aromatic carbocycles. The van der Waals surface area contributed by atoms with E-state index in [1.807, 2.05) is 18.2 Å². The molecule has 0 bridgehead atoms. The molecule has 60 valence electrons. The molecule has 0 atom stereocenters. The summed E-state index contributed by atoms with van der Waals surface area (Å²) in [4.78, 5) is 14.3. The molecule has 12 heavy (non-hydrogen) atoms. The predicted molar refractivity (Wildman–Crippen MR) is 44.0 cm³/mol. The zero-order chi connectivity index (χ0) is 8.55. The summed E-state index contributed by atoms with van der Waals surface area (Å²) in [6, 6.07) is 7.28. The molecule has 0 spiro atoms. The van der Waals surface area contributed by atoms with E-state index in [1.165, 1.54) is 0 Å². The highest BCUT2D eigenvalue weighted by atomic mass is 32.1. The van der Waals surface area contributed by atoms with Crippen LogP contribution in [-0.2, 0) is 0 Å². The monoisotopic (exact) mass is 178 g/mol. The van der Waals surface area contributed by atoms with Gasteiger partial charge in [-0.3, -0.25) is 0 Å². The van der Waals surface area contributed by atoms with E-state index in [0.717, 1.165) is 16.0 Å². The zero-order valence-electron chi connectivity index (χ0n) is 5.98. The van der Waals surface area contributed by atoms with E-state index >= 15 is 0 Å². The topological polar surface area (TPSA) is 53.0 Å². The van der Waals surface area contributed by atoms with Crippen LogP contribution < -0.4 is 5.11 Å². The second-order valence-electron chi connectivity index (χ2n) is 2.27. The zero-order valence-corrected chi connectivity index (χ0v) is 6.80. The Labute approximate surface area is 72.3 Å². The lowest BCUT2D eigenvalue weighted by Gasteiger charge is -1.90. The number of aromatic nitrogens is 1. The normalized spacial score (nSPS) is 10.3. The summed E-state index contributed by atoms with van der Waals surface area (Å²) in [5.41, 5.74) is 0.710. The maximum Gasteiger partial charge on any atom is 0.140 e. The molecule has 4 heteroatoms. The average molecular weight is 178 g/mol. The van der Waals surface area contributed by atoms with E-state index in [4.69, 9.17) is 0 Å². The first-order valence-corrected chi connectivity index (χ1v) is 4.16. The lowest BCUT2D eigenvalue weighted by molar-refractivity contribution is -0.255. The maximum atomic E-state index is 10.4. The van der Waals surface area contributed by atoms with Gasteiger partial charge in [0, 0.05) is 0 Å². The number of thiazole rings is 1. The van der Waals surface area contributed by atoms with Crippen molar-refractivity contribution in [3.8, 4) is 0 Å². The van der Waals surface area contributed by atoms with Crippen LogP contribution in [-0.4, -0.2) is 11.0 Å². The smallest absolute Gasteiger partial charge is 0.140 e. The fraction of sp³-hybridized carbons (Fsp3) is 0. The summed E-state index contributed by atoms with van der Waals surface area (Å²) in [6.45, 7) is 0. The number of hydrogen-bond donors (Lipinski definition) is 0. The molecular weight excluding hydrogens is 174 g/mol. The number of carboxylic acids is 1. The Morgan fingerprint density at radius 1 is 1.42 bits per heavy atom. The van der Waals surface area contributed by atoms with Gasteiger partial charge in [0.1, 0.15) is 11.0 Å². The molecule has 0 N–H and O–H groups in total. The second kappa shape index (κ2) is 2.57. The molecule has 0 radical (unpaired) electrons. The molecule has 0 fully saturated rings. The molecular formula is C8H4NO2S-. The summed E-state index contributed by atoms with van der Waals surface area (Å²) in [5.74, 6) is -1.21. The van der Waals surface area contributed by atoms with Crippen molar-refractivity contribution < 1.29 is 9.90 Å². The summed E-state index contributed by atoms with van der Waals surface area (Å²) >= 11 is 1.13. The van der Waals surface area contributed by atoms with Gasteiger partial charge in [-0.15, -0.1) is 11.3 Å². The lowest BCUT2D eigenvalue weighted by atomic mass is 10.3. The molecule has 0 saturated carbocycles. The van der Waals surface area contributed by atoms with Gasteiger partial charge in [-0.05, 0) is 12.1 Å². The van der Waals surface area contributed by atoms with Crippen molar-refractivity contribution >= 4 is 27.5 Å². The van der Waals surface area contributed by atoms with Crippen LogP contribution in [0.3, 0.4) is 0 Å². The molecule has 0 aliphatic heterocycles. The van der Waals surface area contributed by atoms with Crippen LogP contribution in [0.4, 0.5) is 0 Å². The average Bonchev–Trinajstić information content (AvgIpc) is 2.46. The number of carbonyl (C=O) groups is 1. The summed E-state index contributed by atoms with van der Waals surface area (Å²) in [5, 5.41) is 10.4. The van der Waals surface area contributed by atoms with Gasteiger partial charge in [-0.1, -0.05) is 12.1 Å². The highest BCUT2D eigenvalue weighted by Crippen LogP contribution is 2.20. The minimum atomic E-state index is -1.21. The van der Waals surface area contributed by atoms with Gasteiger partial charge in [0.15, 0.2) is 0 Å². The highest BCUT2D eigenvalue weighted by molar-refractivity contribution is 7.20. The number of aromatic carboxylic acids is 1. The third kappa shape index (κ3) is 1.06. The Bertz CT molecular complexity index is 402. The Kier molecular flexibility index (Phi) is 1.55. The van der Waals surface area contributed by atoms with E-state index in [1.54, 1.807) is 6.07 Å². The molecule has 1 heterocycles. The Morgan fingerprint density at radius 3 is 2.83 bits per heavy atom. The highest BCUT2D eigenvalue weighted by Gasteiger charge is 2.01. The predicted octanol–water partition coefficient (Wildman–Crippen LogP) is 0.660. The molecule has 0 saturated heterocycles. The largest absolute Gasteiger partial charge is 0.542 e. The third-order valence-corrected chi connectivity index (χ3v) is 2.48. The van der Waals surface area contributed by atoms with E-state index < -0.39 is 5.97 Å². The fourth-order valence-corrected chi connectivity index (χ4v) is 1.76. The van der Waals surface area contributed by atoms with Crippen molar-refractivity contribution in [2.75, 3.05) is 0 Å². The van der Waals surface area contributed by atoms with Crippen molar-refractivity contribution in [2.24, 2.45) is 0 Å². The van der Waals surface area contributed by atoms with Gasteiger partial charge in [0.2, 0.25) is 0 Å². The molecule has 0 amide bonds. The number of para-hydroxylation sites is 1. The number of rotatable bonds is 1. The quantitative estimate of drug-likeness (QED) is 0.644. The summed E-state index contributed by atoms with van der Waals surface area (Å²) in [6.07, 6.45) is 0. The fourth-order valence-electron chi connectivity index (χ4n) is 0.960. The van der Waals surface area contributed by atoms with E-state index in [9.17, 15) is 9.90 Å². The molecule has 2 rings (SSSR count). The Balaban J connectivity index is 2.70. The molecule has 2 aromatic rings. The number of carbonyl (C=O) groups excluding carboxylic acids is 1. The van der Waals surface area contributed by atoms with E-state index in [-0.39, 0.29) is 5.01 Å². The molecule has 0 unspecified atom stereocenters. The summed E-state index contributed by atoms with van der Waals surface area (Å²) < 4.78 is 0.872. The molecule has 0 aliphatic carbocycles. The van der Waals surface area contributed by atoms with Gasteiger partial charge in [-0.25, -0.2) is 4.98 Å². The first kappa shape index (κ1) is 7.24. The summed E-state index contributed by atoms with van der Waals surface area (Å²) in [7, 11) is 0. The lowest BCUT2D eigenvalue weighted by Crippen LogP contribution is -2.21. The standard InChI is InChI=1S/C8H5NO2S/c10-8(11)7-9-5-3-1-2-4-6(5)12-7/h1-4H,(H,10,11)/p-1. The second-order valence-corrected chi connectivity index (χ2v) is 3.30. The van der Waals surface area contributed by atoms with Gasteiger partial charge in [0.05, 0.1) is 10.2 Å². The third-order valence-electron chi connectivity index (χ3n) is 1.47. The van der Waals surface area contributed by atoms with Crippen molar-refractivity contribution in [2.45, 2.75) is 0 Å². The van der Waals surface area contributed by atoms with Crippen LogP contribution in [0.15, 0.2) is 24.3 Å². The van der Waals surface area contributed by atoms with Crippen LogP contribution in [0, 0.1) is 0 Å². The number of fused-ring (bicyclic) bond motifs is 1. The number of hydrogen-bond acceptors (Lipinski definition) is 4. The minimum absolute atomic E-state index is 0.0381. The van der Waals surface area contributed by atoms with Crippen LogP contribution >= 0.6 is 11.3 Å². The molecule has 0 aliphatic rings. The van der Waals surface area contributed by atoms with E-state index in [2.05, 4.69) is 4.98 Å². The van der Waals surface area contributed by atoms with Gasteiger partial charge in [-0.2, -0.15) is 0 Å². The van der Waals surface area contributed by atoms with Crippen molar-refractivity contribution in [3.63, 3.8) is 0 Å². The minimum Gasteiger partial charge on any atom is -0.542 e. The van der Waals surface area contributed by atoms with Gasteiger partial charge in [0.25, 0.3) is 0 Å². The maximum absolute atomic E-state index is 10.4.